The van der Waals surface area contributed by atoms with E-state index in [4.69, 9.17) is 19.9 Å². The van der Waals surface area contributed by atoms with Crippen molar-refractivity contribution in [1.82, 2.24) is 4.98 Å². The number of pyridine rings is 1. The van der Waals surface area contributed by atoms with Crippen LogP contribution in [0.2, 0.25) is 0 Å². The van der Waals surface area contributed by atoms with Crippen molar-refractivity contribution in [2.24, 2.45) is 0 Å². The number of benzene rings is 2. The molecular formula is C23H23N3O3. The lowest BCUT2D eigenvalue weighted by molar-refractivity contribution is 0.349. The number of hydrogen-bond acceptors (Lipinski definition) is 6. The molecule has 0 aliphatic carbocycles. The van der Waals surface area contributed by atoms with Crippen LogP contribution in [-0.4, -0.2) is 26.3 Å². The lowest BCUT2D eigenvalue weighted by atomic mass is 9.96. The van der Waals surface area contributed by atoms with Gasteiger partial charge in [-0.1, -0.05) is 31.2 Å². The quantitative estimate of drug-likeness (QED) is 0.669. The molecule has 0 fully saturated rings. The maximum atomic E-state index is 9.71. The van der Waals surface area contributed by atoms with Gasteiger partial charge >= 0.3 is 0 Å². The fourth-order valence-corrected chi connectivity index (χ4v) is 3.19. The summed E-state index contributed by atoms with van der Waals surface area (Å²) in [4.78, 5) is 4.45. The highest BCUT2D eigenvalue weighted by Gasteiger charge is 2.19. The summed E-state index contributed by atoms with van der Waals surface area (Å²) < 4.78 is 16.3. The van der Waals surface area contributed by atoms with E-state index < -0.39 is 0 Å². The lowest BCUT2D eigenvalue weighted by Crippen LogP contribution is -2.01. The van der Waals surface area contributed by atoms with E-state index in [1.807, 2.05) is 18.2 Å². The van der Waals surface area contributed by atoms with Crippen LogP contribution >= 0.6 is 0 Å². The molecule has 0 saturated heterocycles. The molecular weight excluding hydrogens is 366 g/mol. The Labute approximate surface area is 170 Å². The number of anilines is 1. The van der Waals surface area contributed by atoms with Gasteiger partial charge in [-0.15, -0.1) is 0 Å². The number of nitrogen functional groups attached to an aromatic ring is 1. The van der Waals surface area contributed by atoms with E-state index in [0.717, 1.165) is 12.0 Å². The third kappa shape index (κ3) is 3.81. The van der Waals surface area contributed by atoms with Crippen LogP contribution in [0, 0.1) is 11.3 Å². The monoisotopic (exact) mass is 389 g/mol. The third-order valence-electron chi connectivity index (χ3n) is 4.81. The molecule has 2 N–H and O–H groups in total. The minimum absolute atomic E-state index is 0.163. The second-order valence-electron chi connectivity index (χ2n) is 6.39. The summed E-state index contributed by atoms with van der Waals surface area (Å²) in [5.41, 5.74) is 10.5. The van der Waals surface area contributed by atoms with Crippen molar-refractivity contribution in [3.05, 3.63) is 53.6 Å². The van der Waals surface area contributed by atoms with E-state index in [1.165, 1.54) is 5.56 Å². The van der Waals surface area contributed by atoms with Gasteiger partial charge in [0.2, 0.25) is 0 Å². The summed E-state index contributed by atoms with van der Waals surface area (Å²) >= 11 is 0. The van der Waals surface area contributed by atoms with Gasteiger partial charge < -0.3 is 19.9 Å². The molecule has 1 aromatic heterocycles. The molecule has 3 rings (SSSR count). The topological polar surface area (TPSA) is 90.4 Å². The first-order chi connectivity index (χ1) is 14.1. The Bertz CT molecular complexity index is 1070. The molecule has 1 heterocycles. The number of methoxy groups -OCH3 is 3. The van der Waals surface area contributed by atoms with Gasteiger partial charge in [-0.2, -0.15) is 5.26 Å². The summed E-state index contributed by atoms with van der Waals surface area (Å²) in [6.45, 7) is 2.11. The van der Waals surface area contributed by atoms with Crippen LogP contribution in [0.1, 0.15) is 18.1 Å². The molecule has 0 unspecified atom stereocenters. The molecule has 0 aliphatic rings. The first-order valence-corrected chi connectivity index (χ1v) is 9.16. The van der Waals surface area contributed by atoms with Crippen LogP contribution in [0.4, 0.5) is 5.82 Å². The van der Waals surface area contributed by atoms with E-state index in [0.29, 0.717) is 34.1 Å². The summed E-state index contributed by atoms with van der Waals surface area (Å²) in [5, 5.41) is 9.71. The molecule has 0 amide bonds. The van der Waals surface area contributed by atoms with Gasteiger partial charge in [0.15, 0.2) is 11.5 Å². The molecule has 3 aromatic rings. The fraction of sp³-hybridized carbons (Fsp3) is 0.217. The summed E-state index contributed by atoms with van der Waals surface area (Å²) in [5.74, 6) is 1.76. The molecule has 0 atom stereocenters. The first-order valence-electron chi connectivity index (χ1n) is 9.16. The molecule has 0 bridgehead atoms. The van der Waals surface area contributed by atoms with Crippen molar-refractivity contribution < 1.29 is 14.2 Å². The predicted octanol–water partition coefficient (Wildman–Crippen LogP) is 4.46. The van der Waals surface area contributed by atoms with Crippen molar-refractivity contribution in [3.63, 3.8) is 0 Å². The number of nitriles is 1. The molecule has 6 heteroatoms. The smallest absolute Gasteiger partial charge is 0.164 e. The second kappa shape index (κ2) is 8.53. The Kier molecular flexibility index (Phi) is 5.89. The maximum Gasteiger partial charge on any atom is 0.164 e. The van der Waals surface area contributed by atoms with Crippen LogP contribution < -0.4 is 19.9 Å². The van der Waals surface area contributed by atoms with Crippen molar-refractivity contribution in [3.8, 4) is 45.7 Å². The highest BCUT2D eigenvalue weighted by Crippen LogP contribution is 2.42. The van der Waals surface area contributed by atoms with Crippen LogP contribution in [-0.2, 0) is 6.42 Å². The zero-order chi connectivity index (χ0) is 21.0. The molecule has 0 saturated carbocycles. The largest absolute Gasteiger partial charge is 0.496 e. The van der Waals surface area contributed by atoms with Crippen LogP contribution in [0.15, 0.2) is 42.5 Å². The Morgan fingerprint density at radius 2 is 1.52 bits per heavy atom. The van der Waals surface area contributed by atoms with Crippen LogP contribution in [0.5, 0.6) is 17.2 Å². The highest BCUT2D eigenvalue weighted by molar-refractivity contribution is 5.84. The Morgan fingerprint density at radius 3 is 2.07 bits per heavy atom. The van der Waals surface area contributed by atoms with Crippen molar-refractivity contribution in [2.75, 3.05) is 27.1 Å². The van der Waals surface area contributed by atoms with Gasteiger partial charge in [0.05, 0.1) is 27.0 Å². The fourth-order valence-electron chi connectivity index (χ4n) is 3.19. The molecule has 148 valence electrons. The summed E-state index contributed by atoms with van der Waals surface area (Å²) in [6, 6.07) is 15.6. The highest BCUT2D eigenvalue weighted by atomic mass is 16.5. The minimum atomic E-state index is 0.163. The second-order valence-corrected chi connectivity index (χ2v) is 6.39. The zero-order valence-electron chi connectivity index (χ0n) is 16.9. The normalized spacial score (nSPS) is 10.3. The van der Waals surface area contributed by atoms with E-state index in [2.05, 4.69) is 30.1 Å². The lowest BCUT2D eigenvalue weighted by Gasteiger charge is -2.16. The molecule has 2 aromatic carbocycles. The van der Waals surface area contributed by atoms with E-state index in [9.17, 15) is 5.26 Å². The van der Waals surface area contributed by atoms with E-state index in [-0.39, 0.29) is 11.4 Å². The van der Waals surface area contributed by atoms with Gasteiger partial charge in [0, 0.05) is 22.8 Å². The van der Waals surface area contributed by atoms with Crippen molar-refractivity contribution in [1.29, 1.82) is 5.26 Å². The Hall–Kier alpha value is -3.72. The van der Waals surface area contributed by atoms with Gasteiger partial charge in [0.25, 0.3) is 0 Å². The van der Waals surface area contributed by atoms with Crippen LogP contribution in [0.3, 0.4) is 0 Å². The van der Waals surface area contributed by atoms with Crippen molar-refractivity contribution >= 4 is 5.82 Å². The predicted molar refractivity (Wildman–Crippen MR) is 113 cm³/mol. The number of ether oxygens (including phenoxy) is 3. The number of aromatic nitrogens is 1. The number of rotatable bonds is 6. The summed E-state index contributed by atoms with van der Waals surface area (Å²) in [7, 11) is 4.67. The Morgan fingerprint density at radius 1 is 0.897 bits per heavy atom. The third-order valence-corrected chi connectivity index (χ3v) is 4.81. The minimum Gasteiger partial charge on any atom is -0.496 e. The molecule has 0 radical (unpaired) electrons. The van der Waals surface area contributed by atoms with Gasteiger partial charge in [-0.05, 0) is 24.1 Å². The first kappa shape index (κ1) is 20.0. The standard InChI is InChI=1S/C23H23N3O3/c1-5-14-6-8-15(9-7-14)19-10-16(18(13-24)23(25)26-19)17-11-21(28-3)22(29-4)12-20(17)27-2/h6-12H,5H2,1-4H3,(H2,25,26). The molecule has 29 heavy (non-hydrogen) atoms. The zero-order valence-corrected chi connectivity index (χ0v) is 16.9. The van der Waals surface area contributed by atoms with Crippen LogP contribution in [0.25, 0.3) is 22.4 Å². The SMILES string of the molecule is CCc1ccc(-c2cc(-c3cc(OC)c(OC)cc3OC)c(C#N)c(N)n2)cc1. The van der Waals surface area contributed by atoms with Gasteiger partial charge in [-0.3, -0.25) is 0 Å². The summed E-state index contributed by atoms with van der Waals surface area (Å²) in [6.07, 6.45) is 0.956. The number of hydrogen-bond donors (Lipinski definition) is 1. The van der Waals surface area contributed by atoms with Gasteiger partial charge in [0.1, 0.15) is 23.2 Å². The molecule has 0 spiro atoms. The number of nitrogens with two attached hydrogens (primary N) is 1. The number of nitrogens with zero attached hydrogens (tertiary/aromatic N) is 2. The van der Waals surface area contributed by atoms with Crippen molar-refractivity contribution in [2.45, 2.75) is 13.3 Å². The molecule has 6 nitrogen and oxygen atoms in total. The average Bonchev–Trinajstić information content (AvgIpc) is 2.77. The average molecular weight is 389 g/mol. The number of aryl methyl sites for hydroxylation is 1. The maximum absolute atomic E-state index is 9.71. The Balaban J connectivity index is 2.26. The van der Waals surface area contributed by atoms with E-state index >= 15 is 0 Å². The van der Waals surface area contributed by atoms with Gasteiger partial charge in [-0.25, -0.2) is 4.98 Å². The molecule has 0 aliphatic heterocycles. The van der Waals surface area contributed by atoms with E-state index in [1.54, 1.807) is 33.5 Å².